The monoisotopic (exact) mass is 430 g/mol. The molecule has 2 N–H and O–H groups in total. The SMILES string of the molecule is COC(=O)c1ccccc1Cn1cc(C2(C)COCCN2)nn1.O=C(O)C(F)(F)F. The fraction of sp³-hybridized carbons (Fsp3) is 0.444. The Hall–Kier alpha value is -2.99. The third kappa shape index (κ3) is 6.00. The molecular weight excluding hydrogens is 409 g/mol. The van der Waals surface area contributed by atoms with Crippen molar-refractivity contribution in [1.29, 1.82) is 0 Å². The number of nitrogens with zero attached hydrogens (tertiary/aromatic N) is 3. The van der Waals surface area contributed by atoms with E-state index in [1.54, 1.807) is 10.7 Å². The number of hydrogen-bond donors (Lipinski definition) is 2. The number of rotatable bonds is 4. The normalized spacial score (nSPS) is 18.8. The van der Waals surface area contributed by atoms with Crippen molar-refractivity contribution in [3.8, 4) is 0 Å². The zero-order valence-corrected chi connectivity index (χ0v) is 16.3. The fourth-order valence-corrected chi connectivity index (χ4v) is 2.66. The van der Waals surface area contributed by atoms with Crippen molar-refractivity contribution in [2.24, 2.45) is 0 Å². The summed E-state index contributed by atoms with van der Waals surface area (Å²) in [5, 5.41) is 19.0. The van der Waals surface area contributed by atoms with E-state index in [1.807, 2.05) is 31.3 Å². The molecule has 0 spiro atoms. The summed E-state index contributed by atoms with van der Waals surface area (Å²) in [6.45, 7) is 4.55. The van der Waals surface area contributed by atoms with Crippen LogP contribution in [0.5, 0.6) is 0 Å². The molecule has 1 aliphatic rings. The van der Waals surface area contributed by atoms with Crippen LogP contribution in [-0.2, 0) is 26.4 Å². The predicted octanol–water partition coefficient (Wildman–Crippen LogP) is 1.58. The number of carboxylic acid groups (broad SMARTS) is 1. The van der Waals surface area contributed by atoms with Gasteiger partial charge in [-0.25, -0.2) is 14.3 Å². The highest BCUT2D eigenvalue weighted by Crippen LogP contribution is 2.21. The van der Waals surface area contributed by atoms with Crippen LogP contribution in [0.25, 0.3) is 0 Å². The van der Waals surface area contributed by atoms with E-state index in [4.69, 9.17) is 19.4 Å². The summed E-state index contributed by atoms with van der Waals surface area (Å²) in [6, 6.07) is 7.33. The maximum absolute atomic E-state index is 11.8. The number of nitrogens with one attached hydrogen (secondary N) is 1. The average Bonchev–Trinajstić information content (AvgIpc) is 3.18. The Bertz CT molecular complexity index is 879. The molecule has 0 bridgehead atoms. The van der Waals surface area contributed by atoms with Crippen LogP contribution < -0.4 is 5.32 Å². The standard InChI is InChI=1S/C16H20N4O3.C2HF3O2/c1-16(11-23-8-7-17-16)14-10-20(19-18-14)9-12-5-3-4-6-13(12)15(21)22-2;3-2(4,5)1(6)7/h3-6,10,17H,7-9,11H2,1-2H3;(H,6,7). The minimum absolute atomic E-state index is 0.335. The number of carboxylic acids is 1. The minimum Gasteiger partial charge on any atom is -0.475 e. The second kappa shape index (κ2) is 9.67. The van der Waals surface area contributed by atoms with E-state index in [-0.39, 0.29) is 11.5 Å². The fourth-order valence-electron chi connectivity index (χ4n) is 2.66. The van der Waals surface area contributed by atoms with Gasteiger partial charge in [-0.15, -0.1) is 5.10 Å². The van der Waals surface area contributed by atoms with Crippen molar-refractivity contribution in [2.75, 3.05) is 26.9 Å². The Balaban J connectivity index is 0.000000396. The molecule has 1 aromatic carbocycles. The molecule has 9 nitrogen and oxygen atoms in total. The second-order valence-corrected chi connectivity index (χ2v) is 6.56. The van der Waals surface area contributed by atoms with Gasteiger partial charge in [-0.2, -0.15) is 13.2 Å². The summed E-state index contributed by atoms with van der Waals surface area (Å²) >= 11 is 0. The minimum atomic E-state index is -5.08. The van der Waals surface area contributed by atoms with E-state index < -0.39 is 12.1 Å². The molecule has 0 aliphatic carbocycles. The number of aromatic nitrogens is 3. The largest absolute Gasteiger partial charge is 0.490 e. The number of morpholine rings is 1. The highest BCUT2D eigenvalue weighted by atomic mass is 19.4. The maximum atomic E-state index is 11.8. The van der Waals surface area contributed by atoms with Crippen LogP contribution in [0.2, 0.25) is 0 Å². The number of benzene rings is 1. The molecule has 0 amide bonds. The van der Waals surface area contributed by atoms with Gasteiger partial charge in [0.05, 0.1) is 44.2 Å². The first-order valence-electron chi connectivity index (χ1n) is 8.76. The summed E-state index contributed by atoms with van der Waals surface area (Å²) in [5.41, 5.74) is 1.87. The van der Waals surface area contributed by atoms with E-state index in [9.17, 15) is 18.0 Å². The summed E-state index contributed by atoms with van der Waals surface area (Å²) < 4.78 is 43.8. The highest BCUT2D eigenvalue weighted by molar-refractivity contribution is 5.90. The van der Waals surface area contributed by atoms with Crippen LogP contribution in [0, 0.1) is 0 Å². The van der Waals surface area contributed by atoms with Crippen LogP contribution in [0.15, 0.2) is 30.5 Å². The van der Waals surface area contributed by atoms with Gasteiger partial charge in [0, 0.05) is 6.54 Å². The third-order valence-corrected chi connectivity index (χ3v) is 4.25. The summed E-state index contributed by atoms with van der Waals surface area (Å²) in [5.74, 6) is -3.11. The number of hydrogen-bond acceptors (Lipinski definition) is 7. The Morgan fingerprint density at radius 2 is 2.03 bits per heavy atom. The van der Waals surface area contributed by atoms with Crippen LogP contribution in [0.4, 0.5) is 13.2 Å². The van der Waals surface area contributed by atoms with Gasteiger partial charge in [0.25, 0.3) is 0 Å². The van der Waals surface area contributed by atoms with Crippen LogP contribution in [0.3, 0.4) is 0 Å². The van der Waals surface area contributed by atoms with Gasteiger partial charge in [-0.3, -0.25) is 0 Å². The van der Waals surface area contributed by atoms with E-state index in [0.717, 1.165) is 17.8 Å². The van der Waals surface area contributed by atoms with Crippen LogP contribution in [-0.4, -0.2) is 65.1 Å². The summed E-state index contributed by atoms with van der Waals surface area (Å²) in [6.07, 6.45) is -3.20. The van der Waals surface area contributed by atoms with E-state index in [2.05, 4.69) is 15.6 Å². The number of carbonyl (C=O) groups is 2. The van der Waals surface area contributed by atoms with Gasteiger partial charge in [-0.05, 0) is 18.6 Å². The average molecular weight is 430 g/mol. The molecule has 0 radical (unpaired) electrons. The van der Waals surface area contributed by atoms with Crippen molar-refractivity contribution in [3.05, 3.63) is 47.3 Å². The lowest BCUT2D eigenvalue weighted by atomic mass is 9.99. The van der Waals surface area contributed by atoms with Gasteiger partial charge in [-0.1, -0.05) is 23.4 Å². The second-order valence-electron chi connectivity index (χ2n) is 6.56. The summed E-state index contributed by atoms with van der Waals surface area (Å²) in [4.78, 5) is 20.7. The first-order chi connectivity index (χ1) is 14.1. The molecule has 30 heavy (non-hydrogen) atoms. The molecule has 164 valence electrons. The molecule has 12 heteroatoms. The smallest absolute Gasteiger partial charge is 0.475 e. The molecule has 1 aromatic heterocycles. The van der Waals surface area contributed by atoms with E-state index >= 15 is 0 Å². The number of aliphatic carboxylic acids is 1. The van der Waals surface area contributed by atoms with Gasteiger partial charge in [0.15, 0.2) is 0 Å². The van der Waals surface area contributed by atoms with Crippen molar-refractivity contribution in [3.63, 3.8) is 0 Å². The maximum Gasteiger partial charge on any atom is 0.490 e. The van der Waals surface area contributed by atoms with Gasteiger partial charge in [0.2, 0.25) is 0 Å². The molecule has 1 atom stereocenters. The first kappa shape index (κ1) is 23.3. The van der Waals surface area contributed by atoms with Crippen molar-refractivity contribution < 1.29 is 37.3 Å². The highest BCUT2D eigenvalue weighted by Gasteiger charge is 2.38. The quantitative estimate of drug-likeness (QED) is 0.703. The van der Waals surface area contributed by atoms with E-state index in [1.165, 1.54) is 7.11 Å². The molecule has 2 heterocycles. The van der Waals surface area contributed by atoms with Crippen molar-refractivity contribution in [1.82, 2.24) is 20.3 Å². The van der Waals surface area contributed by atoms with Gasteiger partial charge >= 0.3 is 18.1 Å². The van der Waals surface area contributed by atoms with Gasteiger partial charge < -0.3 is 19.9 Å². The molecule has 1 fully saturated rings. The van der Waals surface area contributed by atoms with Crippen molar-refractivity contribution >= 4 is 11.9 Å². The number of carbonyl (C=O) groups excluding carboxylic acids is 1. The number of esters is 1. The molecule has 0 saturated carbocycles. The molecule has 1 aliphatic heterocycles. The molecule has 1 unspecified atom stereocenters. The zero-order valence-electron chi connectivity index (χ0n) is 16.3. The number of alkyl halides is 3. The van der Waals surface area contributed by atoms with Crippen LogP contribution >= 0.6 is 0 Å². The topological polar surface area (TPSA) is 116 Å². The van der Waals surface area contributed by atoms with Crippen molar-refractivity contribution in [2.45, 2.75) is 25.2 Å². The lowest BCUT2D eigenvalue weighted by Gasteiger charge is -2.32. The lowest BCUT2D eigenvalue weighted by molar-refractivity contribution is -0.192. The lowest BCUT2D eigenvalue weighted by Crippen LogP contribution is -2.49. The summed E-state index contributed by atoms with van der Waals surface area (Å²) in [7, 11) is 1.38. The third-order valence-electron chi connectivity index (χ3n) is 4.25. The van der Waals surface area contributed by atoms with Gasteiger partial charge in [0.1, 0.15) is 5.69 Å². The number of halogens is 3. The number of ether oxygens (including phenoxy) is 2. The Labute approximate surface area is 169 Å². The van der Waals surface area contributed by atoms with Crippen LogP contribution in [0.1, 0.15) is 28.5 Å². The first-order valence-corrected chi connectivity index (χ1v) is 8.76. The molecule has 1 saturated heterocycles. The molecule has 2 aromatic rings. The zero-order chi connectivity index (χ0) is 22.4. The number of methoxy groups -OCH3 is 1. The predicted molar refractivity (Wildman–Crippen MR) is 96.8 cm³/mol. The Morgan fingerprint density at radius 3 is 2.60 bits per heavy atom. The Morgan fingerprint density at radius 1 is 1.37 bits per heavy atom. The molecule has 3 rings (SSSR count). The Kier molecular flexibility index (Phi) is 7.51. The molecular formula is C18H21F3N4O5. The van der Waals surface area contributed by atoms with E-state index in [0.29, 0.717) is 25.3 Å².